The van der Waals surface area contributed by atoms with E-state index in [-0.39, 0.29) is 0 Å². The van der Waals surface area contributed by atoms with Gasteiger partial charge in [-0.25, -0.2) is 9.97 Å². The number of furan rings is 1. The Hall–Kier alpha value is -6.40. The van der Waals surface area contributed by atoms with Crippen LogP contribution in [0.2, 0.25) is 0 Å². The molecule has 0 saturated carbocycles. The second-order valence-electron chi connectivity index (χ2n) is 11.2. The summed E-state index contributed by atoms with van der Waals surface area (Å²) in [7, 11) is 0. The van der Waals surface area contributed by atoms with E-state index in [1.807, 2.05) is 48.5 Å². The first kappa shape index (κ1) is 26.0. The van der Waals surface area contributed by atoms with Crippen molar-refractivity contribution < 1.29 is 4.42 Å². The van der Waals surface area contributed by atoms with Crippen molar-refractivity contribution in [3.63, 3.8) is 0 Å². The Morgan fingerprint density at radius 3 is 1.89 bits per heavy atom. The van der Waals surface area contributed by atoms with Crippen molar-refractivity contribution in [2.45, 2.75) is 0 Å². The number of pyridine rings is 2. The number of fused-ring (bicyclic) bond motifs is 5. The number of hydrogen-bond donors (Lipinski definition) is 0. The molecular formula is C40H25N5O. The van der Waals surface area contributed by atoms with Gasteiger partial charge >= 0.3 is 0 Å². The van der Waals surface area contributed by atoms with E-state index in [0.29, 0.717) is 5.82 Å². The van der Waals surface area contributed by atoms with E-state index < -0.39 is 0 Å². The number of para-hydroxylation sites is 1. The minimum atomic E-state index is 0.649. The largest absolute Gasteiger partial charge is 0.455 e. The minimum absolute atomic E-state index is 0.649. The van der Waals surface area contributed by atoms with E-state index in [1.54, 1.807) is 24.8 Å². The Labute approximate surface area is 264 Å². The maximum Gasteiger partial charge on any atom is 0.160 e. The monoisotopic (exact) mass is 591 g/mol. The first-order chi connectivity index (χ1) is 22.8. The molecule has 9 rings (SSSR count). The van der Waals surface area contributed by atoms with Crippen LogP contribution >= 0.6 is 0 Å². The first-order valence-electron chi connectivity index (χ1n) is 15.1. The van der Waals surface area contributed by atoms with Gasteiger partial charge in [0.2, 0.25) is 0 Å². The highest BCUT2D eigenvalue weighted by Gasteiger charge is 2.18. The first-order valence-corrected chi connectivity index (χ1v) is 15.1. The highest BCUT2D eigenvalue weighted by molar-refractivity contribution is 6.20. The zero-order valence-corrected chi connectivity index (χ0v) is 24.6. The van der Waals surface area contributed by atoms with Crippen LogP contribution in [-0.4, -0.2) is 24.5 Å². The molecular weight excluding hydrogens is 566 g/mol. The van der Waals surface area contributed by atoms with Crippen LogP contribution in [0.1, 0.15) is 0 Å². The molecule has 0 amide bonds. The molecule has 0 aliphatic carbocycles. The summed E-state index contributed by atoms with van der Waals surface area (Å²) in [5, 5.41) is 3.35. The molecule has 0 fully saturated rings. The lowest BCUT2D eigenvalue weighted by Crippen LogP contribution is -1.97. The molecule has 0 spiro atoms. The van der Waals surface area contributed by atoms with Crippen LogP contribution in [0, 0.1) is 0 Å². The van der Waals surface area contributed by atoms with Gasteiger partial charge in [-0.2, -0.15) is 0 Å². The molecule has 0 aliphatic rings. The lowest BCUT2D eigenvalue weighted by atomic mass is 10.1. The average molecular weight is 592 g/mol. The average Bonchev–Trinajstić information content (AvgIpc) is 3.72. The van der Waals surface area contributed by atoms with E-state index in [9.17, 15) is 0 Å². The van der Waals surface area contributed by atoms with Crippen molar-refractivity contribution in [2.75, 3.05) is 0 Å². The molecule has 0 aliphatic heterocycles. The zero-order valence-electron chi connectivity index (χ0n) is 24.6. The predicted octanol–water partition coefficient (Wildman–Crippen LogP) is 9.78. The summed E-state index contributed by atoms with van der Waals surface area (Å²) < 4.78 is 8.87. The Morgan fingerprint density at radius 2 is 1.15 bits per heavy atom. The van der Waals surface area contributed by atoms with Crippen molar-refractivity contribution in [1.82, 2.24) is 24.5 Å². The smallest absolute Gasteiger partial charge is 0.160 e. The number of nitrogens with zero attached hydrogens (tertiary/aromatic N) is 5. The topological polar surface area (TPSA) is 69.6 Å². The summed E-state index contributed by atoms with van der Waals surface area (Å²) in [5.74, 6) is 1.52. The Bertz CT molecular complexity index is 2440. The van der Waals surface area contributed by atoms with Gasteiger partial charge in [-0.15, -0.1) is 0 Å². The van der Waals surface area contributed by atoms with E-state index in [4.69, 9.17) is 14.4 Å². The molecule has 6 nitrogen and oxygen atoms in total. The molecule has 216 valence electrons. The van der Waals surface area contributed by atoms with Gasteiger partial charge in [0.15, 0.2) is 5.82 Å². The lowest BCUT2D eigenvalue weighted by Gasteiger charge is -2.11. The van der Waals surface area contributed by atoms with E-state index >= 15 is 0 Å². The molecule has 0 radical (unpaired) electrons. The molecule has 0 unspecified atom stereocenters. The van der Waals surface area contributed by atoms with Crippen molar-refractivity contribution in [3.05, 3.63) is 152 Å². The van der Waals surface area contributed by atoms with Gasteiger partial charge in [-0.3, -0.25) is 9.97 Å². The molecule has 5 heterocycles. The van der Waals surface area contributed by atoms with Gasteiger partial charge in [-0.05, 0) is 66.7 Å². The fourth-order valence-corrected chi connectivity index (χ4v) is 6.25. The second-order valence-corrected chi connectivity index (χ2v) is 11.2. The van der Waals surface area contributed by atoms with Crippen molar-refractivity contribution in [3.8, 4) is 50.9 Å². The standard InChI is InChI=1S/C40H25N5O/c1-2-6-28(7-3-1)37-24-30-12-15-36-38(39(30)46-37)32-8-4-5-9-35(32)45(36)31-13-10-26(11-14-31)33-25-34(27-16-20-41-21-17-27)44-40(43-33)29-18-22-42-23-19-29/h1-25H. The highest BCUT2D eigenvalue weighted by Crippen LogP contribution is 2.40. The summed E-state index contributed by atoms with van der Waals surface area (Å²) in [5.41, 5.74) is 9.81. The third kappa shape index (κ3) is 4.35. The van der Waals surface area contributed by atoms with E-state index in [1.165, 1.54) is 0 Å². The van der Waals surface area contributed by atoms with Crippen molar-refractivity contribution in [2.24, 2.45) is 0 Å². The molecule has 6 heteroatoms. The summed E-state index contributed by atoms with van der Waals surface area (Å²) in [6.45, 7) is 0. The van der Waals surface area contributed by atoms with Gasteiger partial charge in [0.25, 0.3) is 0 Å². The molecule has 0 bridgehead atoms. The van der Waals surface area contributed by atoms with Crippen LogP contribution in [0.25, 0.3) is 83.7 Å². The number of benzene rings is 4. The molecule has 46 heavy (non-hydrogen) atoms. The van der Waals surface area contributed by atoms with Crippen LogP contribution in [0.4, 0.5) is 0 Å². The Balaban J connectivity index is 1.18. The fraction of sp³-hybridized carbons (Fsp3) is 0. The van der Waals surface area contributed by atoms with Crippen LogP contribution in [-0.2, 0) is 0 Å². The summed E-state index contributed by atoms with van der Waals surface area (Å²) >= 11 is 0. The van der Waals surface area contributed by atoms with Crippen LogP contribution in [0.5, 0.6) is 0 Å². The van der Waals surface area contributed by atoms with Crippen LogP contribution in [0.3, 0.4) is 0 Å². The number of rotatable bonds is 5. The Morgan fingerprint density at radius 1 is 0.500 bits per heavy atom. The molecule has 9 aromatic rings. The van der Waals surface area contributed by atoms with E-state index in [0.717, 1.165) is 77.9 Å². The van der Waals surface area contributed by atoms with Crippen LogP contribution in [0.15, 0.2) is 157 Å². The van der Waals surface area contributed by atoms with Crippen molar-refractivity contribution >= 4 is 32.8 Å². The SMILES string of the molecule is c1ccc(-c2cc3ccc4c(c5ccccc5n4-c4ccc(-c5cc(-c6ccncc6)nc(-c6ccncc6)n5)cc4)c3o2)cc1. The summed E-state index contributed by atoms with van der Waals surface area (Å²) in [6, 6.07) is 43.7. The molecule has 0 saturated heterocycles. The normalized spacial score (nSPS) is 11.5. The lowest BCUT2D eigenvalue weighted by molar-refractivity contribution is 0.635. The molecule has 4 aromatic carbocycles. The maximum atomic E-state index is 6.56. The molecule has 5 aromatic heterocycles. The molecule has 0 N–H and O–H groups in total. The minimum Gasteiger partial charge on any atom is -0.455 e. The maximum absolute atomic E-state index is 6.56. The van der Waals surface area contributed by atoms with Gasteiger partial charge in [0.1, 0.15) is 11.3 Å². The number of aromatic nitrogens is 5. The fourth-order valence-electron chi connectivity index (χ4n) is 6.25. The van der Waals surface area contributed by atoms with Gasteiger partial charge in [0.05, 0.1) is 27.8 Å². The number of hydrogen-bond acceptors (Lipinski definition) is 5. The van der Waals surface area contributed by atoms with Gasteiger partial charge in [0, 0.05) is 63.5 Å². The second kappa shape index (κ2) is 10.6. The van der Waals surface area contributed by atoms with E-state index in [2.05, 4.69) is 93.4 Å². The van der Waals surface area contributed by atoms with Crippen LogP contribution < -0.4 is 0 Å². The highest BCUT2D eigenvalue weighted by atomic mass is 16.3. The predicted molar refractivity (Wildman–Crippen MR) is 183 cm³/mol. The quantitative estimate of drug-likeness (QED) is 0.199. The van der Waals surface area contributed by atoms with Gasteiger partial charge in [-0.1, -0.05) is 60.7 Å². The summed E-state index contributed by atoms with van der Waals surface area (Å²) in [6.07, 6.45) is 7.08. The summed E-state index contributed by atoms with van der Waals surface area (Å²) in [4.78, 5) is 18.2. The molecule has 0 atom stereocenters. The zero-order chi connectivity index (χ0) is 30.5. The third-order valence-electron chi connectivity index (χ3n) is 8.44. The third-order valence-corrected chi connectivity index (χ3v) is 8.44. The van der Waals surface area contributed by atoms with Crippen molar-refractivity contribution in [1.29, 1.82) is 0 Å². The van der Waals surface area contributed by atoms with Gasteiger partial charge < -0.3 is 8.98 Å². The Kier molecular flexibility index (Phi) is 6.03.